The Hall–Kier alpha value is -12.3. The van der Waals surface area contributed by atoms with Crippen molar-refractivity contribution in [3.05, 3.63) is 102 Å². The van der Waals surface area contributed by atoms with Gasteiger partial charge in [-0.15, -0.1) is 0 Å². The molecule has 3 aromatic carbocycles. The zero-order chi connectivity index (χ0) is 86.2. The molecule has 117 heavy (non-hydrogen) atoms. The van der Waals surface area contributed by atoms with Gasteiger partial charge < -0.3 is 119 Å². The summed E-state index contributed by atoms with van der Waals surface area (Å²) in [6, 6.07) is 1.57. The summed E-state index contributed by atoms with van der Waals surface area (Å²) in [4.78, 5) is 230. The first-order valence-corrected chi connectivity index (χ1v) is 39.0. The van der Waals surface area contributed by atoms with Crippen molar-refractivity contribution in [1.29, 1.82) is 0 Å². The van der Waals surface area contributed by atoms with Crippen LogP contribution in [0.25, 0.3) is 10.9 Å². The van der Waals surface area contributed by atoms with Crippen LogP contribution < -0.4 is 98.6 Å². The predicted molar refractivity (Wildman–Crippen MR) is 427 cm³/mol. The third-order valence-corrected chi connectivity index (χ3v) is 19.8. The number of phenols is 1. The zero-order valence-electron chi connectivity index (χ0n) is 66.2. The normalized spacial score (nSPS) is 16.2. The van der Waals surface area contributed by atoms with E-state index >= 15 is 0 Å². The highest BCUT2D eigenvalue weighted by Crippen LogP contribution is 2.28. The van der Waals surface area contributed by atoms with Crippen molar-refractivity contribution >= 4 is 111 Å². The predicted octanol–water partition coefficient (Wildman–Crippen LogP) is -4.60. The Morgan fingerprint density at radius 3 is 1.51 bits per heavy atom. The maximum absolute atomic E-state index is 14.9. The zero-order valence-corrected chi connectivity index (χ0v) is 66.2. The number of likely N-dealkylation sites (tertiary alicyclic amines) is 1. The van der Waals surface area contributed by atoms with Crippen LogP contribution in [-0.2, 0) is 96.0 Å². The topological polar surface area (TPSA) is 659 Å². The molecule has 0 bridgehead atoms. The second-order valence-electron chi connectivity index (χ2n) is 30.4. The highest BCUT2D eigenvalue weighted by molar-refractivity contribution is 6.02. The molecule has 0 spiro atoms. The molecule has 2 aliphatic rings. The summed E-state index contributed by atoms with van der Waals surface area (Å²) in [5.74, 6) is -16.8. The van der Waals surface area contributed by atoms with Crippen molar-refractivity contribution in [2.45, 2.75) is 216 Å². The number of benzene rings is 3. The lowest BCUT2D eigenvalue weighted by Crippen LogP contribution is -2.62. The minimum absolute atomic E-state index is 0.00709. The monoisotopic (exact) mass is 1630 g/mol. The highest BCUT2D eigenvalue weighted by Gasteiger charge is 2.41. The summed E-state index contributed by atoms with van der Waals surface area (Å²) in [7, 11) is 0. The van der Waals surface area contributed by atoms with Gasteiger partial charge in [0, 0.05) is 49.5 Å². The number of aliphatic imine (C=N–C) groups is 1. The second-order valence-corrected chi connectivity index (χ2v) is 30.4. The Morgan fingerprint density at radius 2 is 0.966 bits per heavy atom. The van der Waals surface area contributed by atoms with Gasteiger partial charge in [0.15, 0.2) is 5.96 Å². The average molecular weight is 1630 g/mol. The van der Waals surface area contributed by atoms with Gasteiger partial charge in [0.1, 0.15) is 72.2 Å². The highest BCUT2D eigenvalue weighted by atomic mass is 16.3. The van der Waals surface area contributed by atoms with Gasteiger partial charge in [-0.05, 0) is 97.6 Å². The number of nitrogens with two attached hydrogens (primary N) is 7. The van der Waals surface area contributed by atoms with Crippen molar-refractivity contribution in [1.82, 2.24) is 68.4 Å². The molecule has 0 radical (unpaired) electrons. The Labute approximate surface area is 676 Å². The van der Waals surface area contributed by atoms with E-state index in [9.17, 15) is 86.9 Å². The number of carbonyl (C=O) groups is 16. The minimum Gasteiger partial charge on any atom is -0.508 e. The largest absolute Gasteiger partial charge is 0.508 e. The summed E-state index contributed by atoms with van der Waals surface area (Å²) < 4.78 is 0. The number of carbonyl (C=O) groups excluding carboxylic acids is 16. The quantitative estimate of drug-likeness (QED) is 0.0112. The second kappa shape index (κ2) is 46.3. The van der Waals surface area contributed by atoms with Gasteiger partial charge in [0.2, 0.25) is 94.5 Å². The molecule has 1 aliphatic heterocycles. The molecule has 39 heteroatoms. The maximum atomic E-state index is 14.9. The molecule has 39 nitrogen and oxygen atoms in total. The van der Waals surface area contributed by atoms with Gasteiger partial charge in [0.05, 0.1) is 38.5 Å². The SMILES string of the molecule is CC(C)C[C@H](NC(=O)CNC(=O)[C@H](Cc1ccccc1)NC(=O)[C@H](CO)NC(=O)[C@H](CC(N)=O)NC(=O)[C@H](Cc1c[nH]c2ccccc12)NC(=O)[C@H](CC(N)=O)NC(=O)[C@H](Cc1ccc(O)cc1)NC(=O)[C@H](CC(N)=O)NC(=O)[C@@H]1CCCN1C(=O)[C@@H](N)CC(C)C)C(=O)N[C@@H](CCCN=C(N)N)C(=O)N[C@@H](CC1CCCCC1)C(N)=O. The number of aromatic nitrogens is 1. The number of aliphatic hydroxyl groups excluding tert-OH is 1. The molecule has 12 atom stereocenters. The Kier molecular flexibility index (Phi) is 37.0. The van der Waals surface area contributed by atoms with Crippen LogP contribution in [0.1, 0.15) is 141 Å². The smallest absolute Gasteiger partial charge is 0.245 e. The number of aliphatic hydroxyl groups is 1. The fourth-order valence-electron chi connectivity index (χ4n) is 13.9. The first-order valence-electron chi connectivity index (χ1n) is 39.0. The number of aromatic hydroxyl groups is 1. The molecule has 2 fully saturated rings. The molecule has 1 aromatic heterocycles. The minimum atomic E-state index is -2.02. The number of nitrogens with one attached hydrogen (secondary N) is 12. The van der Waals surface area contributed by atoms with E-state index in [1.807, 2.05) is 13.8 Å². The number of phenolic OH excluding ortho intramolecular Hbond substituents is 1. The van der Waals surface area contributed by atoms with Crippen molar-refractivity contribution in [3.8, 4) is 5.75 Å². The summed E-state index contributed by atoms with van der Waals surface area (Å²) in [6.45, 7) is 5.53. The molecular weight excluding hydrogens is 1520 g/mol. The Balaban J connectivity index is 1.20. The molecule has 1 aliphatic carbocycles. The van der Waals surface area contributed by atoms with Gasteiger partial charge >= 0.3 is 0 Å². The van der Waals surface area contributed by atoms with E-state index in [0.29, 0.717) is 41.3 Å². The summed E-state index contributed by atoms with van der Waals surface area (Å²) in [6.07, 6.45) is 3.64. The lowest BCUT2D eigenvalue weighted by atomic mass is 9.84. The first kappa shape index (κ1) is 93.6. The number of fused-ring (bicyclic) bond motifs is 1. The molecule has 28 N–H and O–H groups in total. The van der Waals surface area contributed by atoms with E-state index in [4.69, 9.17) is 40.1 Å². The van der Waals surface area contributed by atoms with E-state index in [-0.39, 0.29) is 80.2 Å². The van der Waals surface area contributed by atoms with Crippen LogP contribution >= 0.6 is 0 Å². The number of para-hydroxylation sites is 1. The molecule has 16 amide bonds. The molecule has 1 saturated carbocycles. The third-order valence-electron chi connectivity index (χ3n) is 19.8. The first-order chi connectivity index (χ1) is 55.5. The number of hydrogen-bond donors (Lipinski definition) is 21. The molecule has 2 heterocycles. The van der Waals surface area contributed by atoms with Gasteiger partial charge in [-0.25, -0.2) is 0 Å². The Bertz CT molecular complexity index is 4170. The summed E-state index contributed by atoms with van der Waals surface area (Å²) in [5.41, 5.74) is 41.5. The van der Waals surface area contributed by atoms with Crippen LogP contribution in [0, 0.1) is 17.8 Å². The van der Waals surface area contributed by atoms with Crippen molar-refractivity contribution < 1.29 is 86.9 Å². The van der Waals surface area contributed by atoms with Crippen molar-refractivity contribution in [2.24, 2.45) is 62.9 Å². The molecule has 638 valence electrons. The van der Waals surface area contributed by atoms with Crippen LogP contribution in [0.4, 0.5) is 0 Å². The molecule has 0 unspecified atom stereocenters. The summed E-state index contributed by atoms with van der Waals surface area (Å²) in [5, 5.41) is 48.7. The van der Waals surface area contributed by atoms with E-state index in [0.717, 1.165) is 32.1 Å². The number of nitrogens with zero attached hydrogens (tertiary/aromatic N) is 2. The number of primary amides is 4. The van der Waals surface area contributed by atoms with Crippen LogP contribution in [0.2, 0.25) is 0 Å². The number of rotatable bonds is 47. The van der Waals surface area contributed by atoms with Gasteiger partial charge in [0.25, 0.3) is 0 Å². The fraction of sp³-hybridized carbons (Fsp3) is 0.526. The van der Waals surface area contributed by atoms with E-state index in [1.165, 1.54) is 35.4 Å². The molecule has 4 aromatic rings. The lowest BCUT2D eigenvalue weighted by Gasteiger charge is -2.29. The van der Waals surface area contributed by atoms with Crippen LogP contribution in [0.5, 0.6) is 5.75 Å². The average Bonchev–Trinajstić information content (AvgIpc) is 1.65. The molecular formula is C78H113N21O18. The van der Waals surface area contributed by atoms with E-state index in [1.54, 1.807) is 68.4 Å². The van der Waals surface area contributed by atoms with Crippen molar-refractivity contribution in [2.75, 3.05) is 26.2 Å². The number of hydrogen-bond acceptors (Lipinski definition) is 20. The van der Waals surface area contributed by atoms with Crippen LogP contribution in [0.3, 0.4) is 0 Å². The van der Waals surface area contributed by atoms with Crippen molar-refractivity contribution in [3.63, 3.8) is 0 Å². The van der Waals surface area contributed by atoms with E-state index < -0.39 is 212 Å². The van der Waals surface area contributed by atoms with Gasteiger partial charge in [-0.3, -0.25) is 81.7 Å². The van der Waals surface area contributed by atoms with Crippen LogP contribution in [0.15, 0.2) is 90.1 Å². The third kappa shape index (κ3) is 31.1. The fourth-order valence-corrected chi connectivity index (χ4v) is 13.9. The lowest BCUT2D eigenvalue weighted by molar-refractivity contribution is -0.141. The van der Waals surface area contributed by atoms with Gasteiger partial charge in [-0.2, -0.15) is 0 Å². The maximum Gasteiger partial charge on any atom is 0.245 e. The number of aromatic amines is 1. The van der Waals surface area contributed by atoms with Crippen LogP contribution in [-0.4, -0.2) is 219 Å². The van der Waals surface area contributed by atoms with Gasteiger partial charge in [-0.1, -0.05) is 120 Å². The number of H-pyrrole nitrogens is 1. The number of amides is 16. The number of guanidine groups is 1. The standard InChI is InChI=1S/C78H113N21O18/c1-41(2)29-49(79)77(117)99-28-14-22-61(99)76(116)97-59(37-64(82)104)73(113)93-55(33-45-23-25-47(101)26-24-45)70(110)95-57(35-62(80)102)72(112)94-56(34-46-38-87-50-20-12-11-19-48(46)50)71(111)96-58(36-63(81)103)74(114)98-60(40-100)75(115)92-54(32-44-17-9-6-10-18-44)67(107)88-39-65(105)89-53(30-42(3)4)69(109)90-51(21-13-27-86-78(84)85)68(108)91-52(66(83)106)31-43-15-7-5-8-16-43/h6,9-12,17-20,23-26,38,41-43,49,51-61,87,100-101H,5,7-8,13-16,21-22,27-37,39-40,79H2,1-4H3,(H2,80,102)(H2,81,103)(H2,82,104)(H2,83,106)(H,88,107)(H,89,105)(H,90,109)(H,91,108)(H,92,115)(H,93,113)(H,94,112)(H,95,110)(H,96,111)(H,97,116)(H,98,114)(H4,84,85,86)/t49-,51-,52-,53-,54-,55-,56-,57-,58-,59-,60-,61-/m0/s1. The molecule has 6 rings (SSSR count). The van der Waals surface area contributed by atoms with E-state index in [2.05, 4.69) is 68.5 Å². The molecule has 1 saturated heterocycles. The Morgan fingerprint density at radius 1 is 0.496 bits per heavy atom. The summed E-state index contributed by atoms with van der Waals surface area (Å²) >= 11 is 0.